The maximum atomic E-state index is 5.96. The van der Waals surface area contributed by atoms with E-state index in [1.807, 2.05) is 12.1 Å². The lowest BCUT2D eigenvalue weighted by Gasteiger charge is -2.25. The molecule has 0 saturated carbocycles. The maximum Gasteiger partial charge on any atom is 0.0575 e. The van der Waals surface area contributed by atoms with Crippen molar-refractivity contribution in [3.05, 3.63) is 34.9 Å². The van der Waals surface area contributed by atoms with E-state index in [2.05, 4.69) is 24.4 Å². The van der Waals surface area contributed by atoms with Crippen LogP contribution in [0.1, 0.15) is 51.0 Å². The van der Waals surface area contributed by atoms with Crippen molar-refractivity contribution in [3.63, 3.8) is 0 Å². The third kappa shape index (κ3) is 6.37. The molecule has 1 N–H and O–H groups in total. The van der Waals surface area contributed by atoms with Crippen molar-refractivity contribution >= 4 is 11.6 Å². The van der Waals surface area contributed by atoms with Crippen LogP contribution in [0.15, 0.2) is 24.3 Å². The first-order valence-corrected chi connectivity index (χ1v) is 8.75. The highest BCUT2D eigenvalue weighted by molar-refractivity contribution is 6.30. The SMILES string of the molecule is CCCNC(CCC1CCCCO1)Cc1ccc(Cl)cc1. The largest absolute Gasteiger partial charge is 0.378 e. The Morgan fingerprint density at radius 3 is 2.76 bits per heavy atom. The summed E-state index contributed by atoms with van der Waals surface area (Å²) in [4.78, 5) is 0. The van der Waals surface area contributed by atoms with Gasteiger partial charge in [-0.25, -0.2) is 0 Å². The van der Waals surface area contributed by atoms with Gasteiger partial charge in [-0.2, -0.15) is 0 Å². The van der Waals surface area contributed by atoms with Crippen LogP contribution in [0.2, 0.25) is 5.02 Å². The van der Waals surface area contributed by atoms with Crippen molar-refractivity contribution in [1.82, 2.24) is 5.32 Å². The molecular formula is C18H28ClNO. The first-order chi connectivity index (χ1) is 10.3. The smallest absolute Gasteiger partial charge is 0.0575 e. The lowest BCUT2D eigenvalue weighted by molar-refractivity contribution is 0.00858. The summed E-state index contributed by atoms with van der Waals surface area (Å²) in [7, 11) is 0. The van der Waals surface area contributed by atoms with E-state index in [0.29, 0.717) is 12.1 Å². The predicted octanol–water partition coefficient (Wildman–Crippen LogP) is 4.60. The standard InChI is InChI=1S/C18H28ClNO/c1-2-12-20-17(10-11-18-5-3-4-13-21-18)14-15-6-8-16(19)9-7-15/h6-9,17-18,20H,2-5,10-14H2,1H3. The zero-order chi connectivity index (χ0) is 14.9. The molecule has 2 nitrogen and oxygen atoms in total. The molecule has 1 aliphatic rings. The number of nitrogens with one attached hydrogen (secondary N) is 1. The molecule has 0 bridgehead atoms. The fourth-order valence-electron chi connectivity index (χ4n) is 2.95. The van der Waals surface area contributed by atoms with Crippen LogP contribution in [0.25, 0.3) is 0 Å². The quantitative estimate of drug-likeness (QED) is 0.757. The Labute approximate surface area is 134 Å². The highest BCUT2D eigenvalue weighted by atomic mass is 35.5. The minimum absolute atomic E-state index is 0.481. The minimum atomic E-state index is 0.481. The monoisotopic (exact) mass is 309 g/mol. The van der Waals surface area contributed by atoms with E-state index in [9.17, 15) is 0 Å². The molecular weight excluding hydrogens is 282 g/mol. The third-order valence-corrected chi connectivity index (χ3v) is 4.44. The van der Waals surface area contributed by atoms with Crippen molar-refractivity contribution in [1.29, 1.82) is 0 Å². The Morgan fingerprint density at radius 2 is 2.10 bits per heavy atom. The summed E-state index contributed by atoms with van der Waals surface area (Å²) >= 11 is 5.96. The van der Waals surface area contributed by atoms with E-state index in [1.54, 1.807) is 0 Å². The predicted molar refractivity (Wildman–Crippen MR) is 90.1 cm³/mol. The van der Waals surface area contributed by atoms with Gasteiger partial charge >= 0.3 is 0 Å². The third-order valence-electron chi connectivity index (χ3n) is 4.19. The van der Waals surface area contributed by atoms with Crippen LogP contribution in [-0.2, 0) is 11.2 Å². The van der Waals surface area contributed by atoms with Gasteiger partial charge in [-0.15, -0.1) is 0 Å². The highest BCUT2D eigenvalue weighted by Crippen LogP contribution is 2.19. The van der Waals surface area contributed by atoms with Crippen molar-refractivity contribution in [2.45, 2.75) is 64.0 Å². The molecule has 0 aliphatic carbocycles. The van der Waals surface area contributed by atoms with E-state index < -0.39 is 0 Å². The topological polar surface area (TPSA) is 21.3 Å². The van der Waals surface area contributed by atoms with Gasteiger partial charge in [-0.05, 0) is 69.2 Å². The molecule has 21 heavy (non-hydrogen) atoms. The molecule has 0 spiro atoms. The van der Waals surface area contributed by atoms with Crippen LogP contribution in [0.3, 0.4) is 0 Å². The minimum Gasteiger partial charge on any atom is -0.378 e. The maximum absolute atomic E-state index is 5.96. The van der Waals surface area contributed by atoms with Gasteiger partial charge in [0.1, 0.15) is 0 Å². The summed E-state index contributed by atoms with van der Waals surface area (Å²) in [6.07, 6.45) is 8.90. The molecule has 2 atom stereocenters. The zero-order valence-electron chi connectivity index (χ0n) is 13.1. The van der Waals surface area contributed by atoms with Crippen LogP contribution in [0.4, 0.5) is 0 Å². The van der Waals surface area contributed by atoms with E-state index in [0.717, 1.165) is 24.6 Å². The number of hydrogen-bond acceptors (Lipinski definition) is 2. The number of halogens is 1. The van der Waals surface area contributed by atoms with Crippen LogP contribution < -0.4 is 5.32 Å². The second-order valence-corrected chi connectivity index (χ2v) is 6.48. The summed E-state index contributed by atoms with van der Waals surface area (Å²) in [5.41, 5.74) is 1.36. The summed E-state index contributed by atoms with van der Waals surface area (Å²) < 4.78 is 5.85. The van der Waals surface area contributed by atoms with Crippen molar-refractivity contribution in [3.8, 4) is 0 Å². The first-order valence-electron chi connectivity index (χ1n) is 8.37. The Balaban J connectivity index is 1.82. The van der Waals surface area contributed by atoms with Crippen molar-refractivity contribution < 1.29 is 4.74 Å². The van der Waals surface area contributed by atoms with Gasteiger partial charge in [0, 0.05) is 17.7 Å². The molecule has 0 radical (unpaired) electrons. The van der Waals surface area contributed by atoms with Crippen LogP contribution in [-0.4, -0.2) is 25.3 Å². The molecule has 2 rings (SSSR count). The lowest BCUT2D eigenvalue weighted by Crippen LogP contribution is -2.33. The fourth-order valence-corrected chi connectivity index (χ4v) is 3.08. The van der Waals surface area contributed by atoms with E-state index >= 15 is 0 Å². The highest BCUT2D eigenvalue weighted by Gasteiger charge is 2.16. The molecule has 0 aromatic heterocycles. The Bertz CT molecular complexity index is 387. The van der Waals surface area contributed by atoms with Crippen LogP contribution in [0, 0.1) is 0 Å². The zero-order valence-corrected chi connectivity index (χ0v) is 13.9. The molecule has 2 unspecified atom stereocenters. The number of benzene rings is 1. The number of rotatable bonds is 8. The van der Waals surface area contributed by atoms with E-state index in [4.69, 9.17) is 16.3 Å². The van der Waals surface area contributed by atoms with Crippen molar-refractivity contribution in [2.24, 2.45) is 0 Å². The normalized spacial score (nSPS) is 20.4. The summed E-state index contributed by atoms with van der Waals surface area (Å²) in [6, 6.07) is 8.78. The van der Waals surface area contributed by atoms with Gasteiger partial charge in [0.2, 0.25) is 0 Å². The average Bonchev–Trinajstić information content (AvgIpc) is 2.53. The molecule has 1 aromatic carbocycles. The first kappa shape index (κ1) is 16.8. The summed E-state index contributed by atoms with van der Waals surface area (Å²) in [6.45, 7) is 4.26. The summed E-state index contributed by atoms with van der Waals surface area (Å²) in [5.74, 6) is 0. The second-order valence-electron chi connectivity index (χ2n) is 6.05. The average molecular weight is 310 g/mol. The van der Waals surface area contributed by atoms with Gasteiger partial charge < -0.3 is 10.1 Å². The molecule has 1 aliphatic heterocycles. The molecule has 1 aromatic rings. The Kier molecular flexibility index (Phi) is 7.56. The van der Waals surface area contributed by atoms with Gasteiger partial charge in [0.05, 0.1) is 6.10 Å². The molecule has 1 saturated heterocycles. The lowest BCUT2D eigenvalue weighted by atomic mass is 9.97. The molecule has 3 heteroatoms. The van der Waals surface area contributed by atoms with Crippen LogP contribution >= 0.6 is 11.6 Å². The molecule has 1 fully saturated rings. The number of ether oxygens (including phenoxy) is 1. The van der Waals surface area contributed by atoms with Gasteiger partial charge in [-0.3, -0.25) is 0 Å². The van der Waals surface area contributed by atoms with Crippen LogP contribution in [0.5, 0.6) is 0 Å². The van der Waals surface area contributed by atoms with E-state index in [1.165, 1.54) is 44.1 Å². The van der Waals surface area contributed by atoms with Gasteiger partial charge in [0.15, 0.2) is 0 Å². The Hall–Kier alpha value is -0.570. The molecule has 0 amide bonds. The van der Waals surface area contributed by atoms with Gasteiger partial charge in [-0.1, -0.05) is 30.7 Å². The molecule has 1 heterocycles. The Morgan fingerprint density at radius 1 is 1.29 bits per heavy atom. The fraction of sp³-hybridized carbons (Fsp3) is 0.667. The van der Waals surface area contributed by atoms with Crippen molar-refractivity contribution in [2.75, 3.05) is 13.2 Å². The molecule has 118 valence electrons. The second kappa shape index (κ2) is 9.45. The van der Waals surface area contributed by atoms with Gasteiger partial charge in [0.25, 0.3) is 0 Å². The van der Waals surface area contributed by atoms with E-state index in [-0.39, 0.29) is 0 Å². The number of hydrogen-bond donors (Lipinski definition) is 1. The summed E-state index contributed by atoms with van der Waals surface area (Å²) in [5, 5.41) is 4.50.